The number of amides is 1. The topological polar surface area (TPSA) is 79.2 Å². The Morgan fingerprint density at radius 1 is 1.26 bits per heavy atom. The fourth-order valence-corrected chi connectivity index (χ4v) is 3.46. The lowest BCUT2D eigenvalue weighted by Gasteiger charge is -2.23. The second kappa shape index (κ2) is 7.64. The van der Waals surface area contributed by atoms with Crippen LogP contribution in [0.5, 0.6) is 0 Å². The van der Waals surface area contributed by atoms with E-state index in [-0.39, 0.29) is 11.7 Å². The van der Waals surface area contributed by atoms with Gasteiger partial charge in [-0.05, 0) is 41.3 Å². The van der Waals surface area contributed by atoms with Gasteiger partial charge in [-0.3, -0.25) is 9.48 Å². The maximum absolute atomic E-state index is 12.6. The molecule has 0 unspecified atom stereocenters. The number of carbonyl (C=O) groups excluding carboxylic acids is 1. The molecule has 1 aliphatic heterocycles. The van der Waals surface area contributed by atoms with Gasteiger partial charge in [0.1, 0.15) is 5.82 Å². The molecule has 146 valence electrons. The van der Waals surface area contributed by atoms with Crippen molar-refractivity contribution < 1.29 is 4.79 Å². The van der Waals surface area contributed by atoms with Crippen LogP contribution < -0.4 is 10.2 Å². The van der Waals surface area contributed by atoms with Gasteiger partial charge in [-0.25, -0.2) is 9.97 Å². The number of rotatable bonds is 5. The van der Waals surface area contributed by atoms with Gasteiger partial charge in [-0.1, -0.05) is 0 Å². The fourth-order valence-electron chi connectivity index (χ4n) is 3.46. The molecule has 1 N–H and O–H groups in total. The van der Waals surface area contributed by atoms with E-state index in [4.69, 9.17) is 0 Å². The zero-order valence-corrected chi connectivity index (χ0v) is 17.1. The summed E-state index contributed by atoms with van der Waals surface area (Å²) in [4.78, 5) is 26.2. The van der Waals surface area contributed by atoms with Crippen molar-refractivity contribution in [2.75, 3.05) is 32.1 Å². The average Bonchev–Trinajstić information content (AvgIpc) is 3.21. The monoisotopic (exact) mass is 371 g/mol. The van der Waals surface area contributed by atoms with Gasteiger partial charge >= 0.3 is 0 Å². The molecule has 1 saturated heterocycles. The largest absolute Gasteiger partial charge is 0.355 e. The van der Waals surface area contributed by atoms with Crippen molar-refractivity contribution in [3.63, 3.8) is 0 Å². The lowest BCUT2D eigenvalue weighted by molar-refractivity contribution is 0.0940. The molecule has 0 saturated carbocycles. The molecule has 1 amide bonds. The van der Waals surface area contributed by atoms with Gasteiger partial charge in [0.25, 0.3) is 5.91 Å². The Labute approximate surface area is 160 Å². The third-order valence-electron chi connectivity index (χ3n) is 5.31. The van der Waals surface area contributed by atoms with Crippen LogP contribution in [-0.2, 0) is 13.6 Å². The van der Waals surface area contributed by atoms with Gasteiger partial charge in [-0.15, -0.1) is 0 Å². The number of anilines is 1. The van der Waals surface area contributed by atoms with Crippen molar-refractivity contribution in [2.45, 2.75) is 39.8 Å². The number of likely N-dealkylation sites (N-methyl/N-ethyl adjacent to an activating group) is 1. The molecule has 27 heavy (non-hydrogen) atoms. The van der Waals surface area contributed by atoms with Crippen LogP contribution in [0, 0.1) is 20.8 Å². The molecule has 0 aliphatic carbocycles. The highest BCUT2D eigenvalue weighted by Gasteiger charge is 2.27. The normalized spacial score (nSPS) is 17.0. The molecule has 3 rings (SSSR count). The fraction of sp³-hybridized carbons (Fsp3) is 0.579. The van der Waals surface area contributed by atoms with Crippen LogP contribution in [0.3, 0.4) is 0 Å². The molecule has 0 radical (unpaired) electrons. The average molecular weight is 371 g/mol. The lowest BCUT2D eigenvalue weighted by atomic mass is 10.2. The zero-order valence-electron chi connectivity index (χ0n) is 17.1. The maximum Gasteiger partial charge on any atom is 0.289 e. The molecule has 8 nitrogen and oxygen atoms in total. The van der Waals surface area contributed by atoms with Gasteiger partial charge in [0.2, 0.25) is 5.82 Å². The quantitative estimate of drug-likeness (QED) is 0.851. The molecule has 2 aromatic rings. The summed E-state index contributed by atoms with van der Waals surface area (Å²) in [6.45, 7) is 8.16. The summed E-state index contributed by atoms with van der Waals surface area (Å²) in [5.74, 6) is 0.837. The molecular weight excluding hydrogens is 342 g/mol. The second-order valence-electron chi connectivity index (χ2n) is 7.53. The minimum absolute atomic E-state index is 0.225. The molecular formula is C19H29N7O. The van der Waals surface area contributed by atoms with Crippen molar-refractivity contribution in [2.24, 2.45) is 7.05 Å². The summed E-state index contributed by atoms with van der Waals surface area (Å²) in [7, 11) is 6.07. The maximum atomic E-state index is 12.6. The van der Waals surface area contributed by atoms with Crippen LogP contribution in [0.25, 0.3) is 0 Å². The molecule has 1 atom stereocenters. The van der Waals surface area contributed by atoms with Crippen molar-refractivity contribution in [1.29, 1.82) is 0 Å². The number of aromatic nitrogens is 4. The van der Waals surface area contributed by atoms with E-state index in [1.807, 2.05) is 34.0 Å². The Morgan fingerprint density at radius 3 is 2.59 bits per heavy atom. The summed E-state index contributed by atoms with van der Waals surface area (Å²) >= 11 is 0. The second-order valence-corrected chi connectivity index (χ2v) is 7.53. The highest BCUT2D eigenvalue weighted by molar-refractivity contribution is 5.91. The first-order valence-corrected chi connectivity index (χ1v) is 9.30. The highest BCUT2D eigenvalue weighted by Crippen LogP contribution is 2.25. The van der Waals surface area contributed by atoms with E-state index in [9.17, 15) is 4.79 Å². The molecule has 0 bridgehead atoms. The number of nitrogens with zero attached hydrogens (tertiary/aromatic N) is 6. The van der Waals surface area contributed by atoms with Gasteiger partial charge in [0.15, 0.2) is 0 Å². The predicted octanol–water partition coefficient (Wildman–Crippen LogP) is 1.21. The number of hydrogen-bond acceptors (Lipinski definition) is 6. The summed E-state index contributed by atoms with van der Waals surface area (Å²) < 4.78 is 1.75. The van der Waals surface area contributed by atoms with Crippen LogP contribution in [0.4, 0.5) is 5.82 Å². The predicted molar refractivity (Wildman–Crippen MR) is 105 cm³/mol. The standard InChI is InChI=1S/C19H29N7O/c1-12-13(2)21-17(19(27)20-9-15-10-25(6)23-14(15)3)22-18(12)26-8-7-16(11-26)24(4)5/h10,16H,7-9,11H2,1-6H3,(H,20,27)/t16-/m1/s1. The summed E-state index contributed by atoms with van der Waals surface area (Å²) in [5, 5.41) is 7.22. The van der Waals surface area contributed by atoms with Gasteiger partial charge < -0.3 is 15.1 Å². The highest BCUT2D eigenvalue weighted by atomic mass is 16.2. The Morgan fingerprint density at radius 2 is 2.00 bits per heavy atom. The molecule has 1 fully saturated rings. The first kappa shape index (κ1) is 19.3. The van der Waals surface area contributed by atoms with Crippen LogP contribution in [0.2, 0.25) is 0 Å². The molecule has 3 heterocycles. The van der Waals surface area contributed by atoms with Crippen LogP contribution in [-0.4, -0.2) is 63.8 Å². The van der Waals surface area contributed by atoms with Crippen molar-refractivity contribution in [1.82, 2.24) is 30.0 Å². The minimum atomic E-state index is -0.258. The van der Waals surface area contributed by atoms with Gasteiger partial charge in [0.05, 0.1) is 5.69 Å². The Hall–Kier alpha value is -2.48. The van der Waals surface area contributed by atoms with Crippen LogP contribution in [0.15, 0.2) is 6.20 Å². The number of nitrogens with one attached hydrogen (secondary N) is 1. The molecule has 0 aromatic carbocycles. The van der Waals surface area contributed by atoms with E-state index in [1.54, 1.807) is 4.68 Å². The van der Waals surface area contributed by atoms with E-state index >= 15 is 0 Å². The molecule has 1 aliphatic rings. The third-order valence-corrected chi connectivity index (χ3v) is 5.31. The van der Waals surface area contributed by atoms with E-state index in [1.165, 1.54) is 0 Å². The first-order chi connectivity index (χ1) is 12.8. The van der Waals surface area contributed by atoms with Gasteiger partial charge in [0, 0.05) is 55.7 Å². The SMILES string of the molecule is Cc1nn(C)cc1CNC(=O)c1nc(C)c(C)c(N2CC[C@@H](N(C)C)C2)n1. The van der Waals surface area contributed by atoms with Crippen LogP contribution in [0.1, 0.15) is 39.6 Å². The third kappa shape index (κ3) is 4.10. The van der Waals surface area contributed by atoms with Crippen molar-refractivity contribution in [3.05, 3.63) is 34.5 Å². The van der Waals surface area contributed by atoms with E-state index < -0.39 is 0 Å². The van der Waals surface area contributed by atoms with Crippen LogP contribution >= 0.6 is 0 Å². The minimum Gasteiger partial charge on any atom is -0.355 e. The zero-order chi connectivity index (χ0) is 19.7. The Balaban J connectivity index is 1.77. The molecule has 0 spiro atoms. The van der Waals surface area contributed by atoms with Crippen molar-refractivity contribution >= 4 is 11.7 Å². The summed E-state index contributed by atoms with van der Waals surface area (Å²) in [6.07, 6.45) is 3.01. The number of carbonyl (C=O) groups is 1. The lowest BCUT2D eigenvalue weighted by Crippen LogP contribution is -2.33. The number of hydrogen-bond donors (Lipinski definition) is 1. The van der Waals surface area contributed by atoms with Gasteiger partial charge in [-0.2, -0.15) is 5.10 Å². The Bertz CT molecular complexity index is 843. The van der Waals surface area contributed by atoms with E-state index in [0.29, 0.717) is 12.6 Å². The first-order valence-electron chi connectivity index (χ1n) is 9.30. The molecule has 8 heteroatoms. The van der Waals surface area contributed by atoms with Crippen molar-refractivity contribution in [3.8, 4) is 0 Å². The summed E-state index contributed by atoms with van der Waals surface area (Å²) in [5.41, 5.74) is 3.78. The molecule has 2 aromatic heterocycles. The van der Waals surface area contributed by atoms with E-state index in [0.717, 1.165) is 47.8 Å². The number of aryl methyl sites for hydroxylation is 3. The smallest absolute Gasteiger partial charge is 0.289 e. The summed E-state index contributed by atoms with van der Waals surface area (Å²) in [6, 6.07) is 0.505. The van der Waals surface area contributed by atoms with E-state index in [2.05, 4.69) is 44.3 Å². The Kier molecular flexibility index (Phi) is 5.46.